The number of pyridine rings is 1. The number of ether oxygens (including phenoxy) is 2. The third-order valence-corrected chi connectivity index (χ3v) is 3.68. The topological polar surface area (TPSA) is 136 Å². The minimum Gasteiger partial charge on any atom is -0.478 e. The molecule has 0 aromatic carbocycles. The highest BCUT2D eigenvalue weighted by atomic mass is 19.1. The van der Waals surface area contributed by atoms with E-state index in [1.165, 1.54) is 25.3 Å². The molecule has 0 bridgehead atoms. The van der Waals surface area contributed by atoms with Gasteiger partial charge >= 0.3 is 5.97 Å². The summed E-state index contributed by atoms with van der Waals surface area (Å²) in [5.74, 6) is -6.41. The average molecular weight is 468 g/mol. The van der Waals surface area contributed by atoms with Gasteiger partial charge in [-0.3, -0.25) is 29.4 Å². The van der Waals surface area contributed by atoms with E-state index in [2.05, 4.69) is 23.9 Å². The summed E-state index contributed by atoms with van der Waals surface area (Å²) in [5, 5.41) is 2.67. The Labute approximate surface area is 186 Å². The van der Waals surface area contributed by atoms with Crippen LogP contribution in [0, 0.1) is 0 Å². The summed E-state index contributed by atoms with van der Waals surface area (Å²) in [6, 6.07) is 2.70. The van der Waals surface area contributed by atoms with Gasteiger partial charge in [-0.05, 0) is 25.1 Å². The van der Waals surface area contributed by atoms with Crippen molar-refractivity contribution in [3.63, 3.8) is 0 Å². The highest BCUT2D eigenvalue weighted by molar-refractivity contribution is 5.86. The van der Waals surface area contributed by atoms with E-state index in [1.807, 2.05) is 0 Å². The number of hydrazine groups is 1. The lowest BCUT2D eigenvalue weighted by atomic mass is 10.4. The zero-order chi connectivity index (χ0) is 25.0. The number of anilines is 1. The molecule has 0 aliphatic carbocycles. The lowest BCUT2D eigenvalue weighted by Gasteiger charge is -2.23. The summed E-state index contributed by atoms with van der Waals surface area (Å²) in [5.41, 5.74) is 1.30. The minimum absolute atomic E-state index is 0.0175. The molecule has 1 aromatic rings. The average Bonchev–Trinajstić information content (AvgIpc) is 2.75. The van der Waals surface area contributed by atoms with Gasteiger partial charge in [0.2, 0.25) is 6.41 Å². The van der Waals surface area contributed by atoms with Gasteiger partial charge in [-0.25, -0.2) is 13.8 Å². The van der Waals surface area contributed by atoms with Crippen LogP contribution in [0.2, 0.25) is 0 Å². The summed E-state index contributed by atoms with van der Waals surface area (Å²) in [4.78, 5) is 59.4. The van der Waals surface area contributed by atoms with Crippen LogP contribution in [-0.4, -0.2) is 53.5 Å². The maximum absolute atomic E-state index is 13.6. The Balaban J connectivity index is 3.00. The van der Waals surface area contributed by atoms with Gasteiger partial charge in [-0.15, -0.1) is 0 Å². The largest absolute Gasteiger partial charge is 0.478 e. The number of amides is 3. The third-order valence-electron chi connectivity index (χ3n) is 3.68. The molecule has 0 unspecified atom stereocenters. The zero-order valence-electron chi connectivity index (χ0n) is 17.6. The number of carbonyl (C=O) groups excluding carboxylic acids is 4. The number of rotatable bonds is 12. The molecule has 0 aliphatic heterocycles. The fourth-order valence-corrected chi connectivity index (χ4v) is 2.28. The first-order valence-corrected chi connectivity index (χ1v) is 9.29. The van der Waals surface area contributed by atoms with Crippen LogP contribution in [0.25, 0.3) is 0 Å². The number of esters is 1. The van der Waals surface area contributed by atoms with E-state index in [4.69, 9.17) is 9.47 Å². The fraction of sp³-hybridized carbons (Fsp3) is 0.250. The van der Waals surface area contributed by atoms with E-state index >= 15 is 0 Å². The molecule has 0 atom stereocenters. The van der Waals surface area contributed by atoms with E-state index in [0.717, 1.165) is 4.57 Å². The van der Waals surface area contributed by atoms with E-state index in [1.54, 1.807) is 0 Å². The summed E-state index contributed by atoms with van der Waals surface area (Å²) in [6.45, 7) is 5.13. The number of hydrogen-bond acceptors (Lipinski definition) is 7. The summed E-state index contributed by atoms with van der Waals surface area (Å²) < 4.78 is 37.4. The first-order chi connectivity index (χ1) is 15.6. The molecule has 0 aliphatic rings. The summed E-state index contributed by atoms with van der Waals surface area (Å²) in [7, 11) is 0. The minimum atomic E-state index is -1.32. The molecule has 33 heavy (non-hydrogen) atoms. The van der Waals surface area contributed by atoms with Crippen LogP contribution in [0.1, 0.15) is 6.92 Å². The molecule has 178 valence electrons. The fourth-order valence-electron chi connectivity index (χ4n) is 2.28. The maximum Gasteiger partial charge on any atom is 0.327 e. The van der Waals surface area contributed by atoms with Crippen molar-refractivity contribution in [1.29, 1.82) is 0 Å². The summed E-state index contributed by atoms with van der Waals surface area (Å²) in [6.07, 6.45) is 2.17. The maximum atomic E-state index is 13.6. The Hall–Kier alpha value is -4.29. The summed E-state index contributed by atoms with van der Waals surface area (Å²) >= 11 is 0. The Kier molecular flexibility index (Phi) is 10.7. The van der Waals surface area contributed by atoms with Crippen molar-refractivity contribution in [1.82, 2.24) is 15.0 Å². The number of nitrogens with one attached hydrogen (secondary N) is 2. The molecule has 1 rings (SSSR count). The van der Waals surface area contributed by atoms with Crippen LogP contribution >= 0.6 is 0 Å². The molecule has 3 amide bonds. The normalized spacial score (nSPS) is 10.9. The molecule has 0 saturated heterocycles. The Bertz CT molecular complexity index is 1020. The molecule has 13 heteroatoms. The molecule has 1 heterocycles. The van der Waals surface area contributed by atoms with Crippen LogP contribution in [0.3, 0.4) is 0 Å². The van der Waals surface area contributed by atoms with Crippen LogP contribution in [0.4, 0.5) is 14.5 Å². The van der Waals surface area contributed by atoms with Gasteiger partial charge in [0.1, 0.15) is 18.8 Å². The van der Waals surface area contributed by atoms with Crippen LogP contribution < -0.4 is 16.3 Å². The van der Waals surface area contributed by atoms with Crippen molar-refractivity contribution in [3.05, 3.63) is 65.3 Å². The van der Waals surface area contributed by atoms with E-state index in [-0.39, 0.29) is 18.7 Å². The van der Waals surface area contributed by atoms with Gasteiger partial charge in [-0.1, -0.05) is 13.2 Å². The molecule has 0 radical (unpaired) electrons. The lowest BCUT2D eigenvalue weighted by molar-refractivity contribution is -0.154. The SMILES string of the molecule is C=C/C(F)=C(/OCC(=O)N(CC(=O)OCC)NC(=O)Cn1cccc(NC=O)c1=O)C(=C)F. The molecule has 1 aromatic heterocycles. The van der Waals surface area contributed by atoms with E-state index in [0.29, 0.717) is 11.1 Å². The monoisotopic (exact) mass is 468 g/mol. The predicted octanol–water partition coefficient (Wildman–Crippen LogP) is 0.706. The van der Waals surface area contributed by atoms with Crippen LogP contribution in [0.15, 0.2) is 59.8 Å². The van der Waals surface area contributed by atoms with Crippen molar-refractivity contribution in [2.75, 3.05) is 25.1 Å². The standard InChI is InChI=1S/C20H22F2N4O7/c1-4-14(22)19(13(3)21)33-11-17(29)26(10-18(30)32-5-2)24-16(28)9-25-8-6-7-15(20(25)31)23-12-27/h4,6-8,12H,1,3,5,9-11H2,2H3,(H,23,27)(H,24,28)/b19-14-. The van der Waals surface area contributed by atoms with Gasteiger partial charge in [-0.2, -0.15) is 0 Å². The second-order valence-electron chi connectivity index (χ2n) is 6.01. The Morgan fingerprint density at radius 2 is 1.97 bits per heavy atom. The van der Waals surface area contributed by atoms with Gasteiger partial charge in [0.25, 0.3) is 17.4 Å². The molecular weight excluding hydrogens is 446 g/mol. The Morgan fingerprint density at radius 3 is 2.55 bits per heavy atom. The van der Waals surface area contributed by atoms with Crippen LogP contribution in [-0.2, 0) is 35.2 Å². The van der Waals surface area contributed by atoms with Crippen molar-refractivity contribution in [2.45, 2.75) is 13.5 Å². The van der Waals surface area contributed by atoms with Crippen molar-refractivity contribution in [3.8, 4) is 0 Å². The number of carbonyl (C=O) groups is 4. The molecule has 2 N–H and O–H groups in total. The smallest absolute Gasteiger partial charge is 0.327 e. The molecule has 0 spiro atoms. The highest BCUT2D eigenvalue weighted by Gasteiger charge is 2.23. The Morgan fingerprint density at radius 1 is 1.27 bits per heavy atom. The predicted molar refractivity (Wildman–Crippen MR) is 111 cm³/mol. The third kappa shape index (κ3) is 8.40. The van der Waals surface area contributed by atoms with Crippen molar-refractivity contribution >= 4 is 29.9 Å². The van der Waals surface area contributed by atoms with Crippen molar-refractivity contribution in [2.24, 2.45) is 0 Å². The molecule has 0 fully saturated rings. The molecule has 11 nitrogen and oxygen atoms in total. The number of allylic oxidation sites excluding steroid dienone is 3. The van der Waals surface area contributed by atoms with E-state index < -0.39 is 60.5 Å². The van der Waals surface area contributed by atoms with Crippen LogP contribution in [0.5, 0.6) is 0 Å². The molecule has 0 saturated carbocycles. The van der Waals surface area contributed by atoms with E-state index in [9.17, 15) is 32.8 Å². The zero-order valence-corrected chi connectivity index (χ0v) is 17.6. The second kappa shape index (κ2) is 13.2. The first-order valence-electron chi connectivity index (χ1n) is 9.29. The number of aromatic nitrogens is 1. The van der Waals surface area contributed by atoms with Gasteiger partial charge in [0.05, 0.1) is 6.61 Å². The second-order valence-corrected chi connectivity index (χ2v) is 6.01. The van der Waals surface area contributed by atoms with Gasteiger partial charge in [0.15, 0.2) is 24.0 Å². The van der Waals surface area contributed by atoms with Crippen molar-refractivity contribution < 1.29 is 37.4 Å². The number of halogens is 2. The van der Waals surface area contributed by atoms with Gasteiger partial charge in [0, 0.05) is 6.20 Å². The molecular formula is C20H22F2N4O7. The number of hydrogen-bond donors (Lipinski definition) is 2. The lowest BCUT2D eigenvalue weighted by Crippen LogP contribution is -2.51. The highest BCUT2D eigenvalue weighted by Crippen LogP contribution is 2.18. The van der Waals surface area contributed by atoms with Gasteiger partial charge < -0.3 is 19.4 Å². The number of nitrogens with zero attached hydrogens (tertiary/aromatic N) is 2. The first kappa shape index (κ1) is 26.7. The quantitative estimate of drug-likeness (QED) is 0.152.